The summed E-state index contributed by atoms with van der Waals surface area (Å²) >= 11 is 5.80. The summed E-state index contributed by atoms with van der Waals surface area (Å²) in [5.41, 5.74) is 11.1. The molecule has 5 N–H and O–H groups in total. The molecule has 0 saturated heterocycles. The van der Waals surface area contributed by atoms with Gasteiger partial charge < -0.3 is 16.8 Å². The zero-order valence-corrected chi connectivity index (χ0v) is 11.4. The summed E-state index contributed by atoms with van der Waals surface area (Å²) in [6.07, 6.45) is 0. The fourth-order valence-corrected chi connectivity index (χ4v) is 1.96. The molecule has 0 atom stereocenters. The zero-order valence-electron chi connectivity index (χ0n) is 10.7. The van der Waals surface area contributed by atoms with Crippen molar-refractivity contribution in [3.05, 3.63) is 58.4 Å². The van der Waals surface area contributed by atoms with E-state index >= 15 is 0 Å². The van der Waals surface area contributed by atoms with Gasteiger partial charge in [-0.25, -0.2) is 4.39 Å². The van der Waals surface area contributed by atoms with Gasteiger partial charge in [0.25, 0.3) is 5.91 Å². The molecule has 0 radical (unpaired) electrons. The van der Waals surface area contributed by atoms with Crippen LogP contribution in [0.1, 0.15) is 20.7 Å². The Kier molecular flexibility index (Phi) is 4.09. The van der Waals surface area contributed by atoms with E-state index in [1.807, 2.05) is 0 Å². The lowest BCUT2D eigenvalue weighted by Gasteiger charge is -2.08. The molecular weight excluding hydrogens is 297 g/mol. The third-order valence-corrected chi connectivity index (χ3v) is 2.90. The predicted molar refractivity (Wildman–Crippen MR) is 78.7 cm³/mol. The number of anilines is 2. The molecule has 0 aliphatic rings. The van der Waals surface area contributed by atoms with Crippen molar-refractivity contribution in [2.45, 2.75) is 0 Å². The molecule has 0 aliphatic heterocycles. The highest BCUT2D eigenvalue weighted by atomic mass is 35.5. The van der Waals surface area contributed by atoms with Gasteiger partial charge in [-0.2, -0.15) is 0 Å². The van der Waals surface area contributed by atoms with E-state index in [0.717, 1.165) is 12.1 Å². The summed E-state index contributed by atoms with van der Waals surface area (Å²) in [7, 11) is 0. The van der Waals surface area contributed by atoms with Gasteiger partial charge in [0, 0.05) is 21.8 Å². The zero-order chi connectivity index (χ0) is 15.6. The second kappa shape index (κ2) is 5.80. The number of nitrogen functional groups attached to an aromatic ring is 1. The summed E-state index contributed by atoms with van der Waals surface area (Å²) < 4.78 is 13.7. The van der Waals surface area contributed by atoms with Crippen LogP contribution in [-0.2, 0) is 0 Å². The molecule has 2 aromatic rings. The van der Waals surface area contributed by atoms with Gasteiger partial charge in [-0.15, -0.1) is 0 Å². The number of hydrogen-bond donors (Lipinski definition) is 3. The van der Waals surface area contributed by atoms with Gasteiger partial charge in [-0.05, 0) is 36.4 Å². The second-order valence-corrected chi connectivity index (χ2v) is 4.72. The Morgan fingerprint density at radius 1 is 1.10 bits per heavy atom. The van der Waals surface area contributed by atoms with Gasteiger partial charge in [0.2, 0.25) is 5.91 Å². The molecule has 5 nitrogen and oxygen atoms in total. The summed E-state index contributed by atoms with van der Waals surface area (Å²) in [6, 6.07) is 7.70. The molecule has 0 spiro atoms. The Bertz CT molecular complexity index is 714. The lowest BCUT2D eigenvalue weighted by Crippen LogP contribution is -2.16. The van der Waals surface area contributed by atoms with Crippen molar-refractivity contribution < 1.29 is 14.0 Å². The number of hydrogen-bond acceptors (Lipinski definition) is 3. The van der Waals surface area contributed by atoms with E-state index in [-0.39, 0.29) is 21.8 Å². The van der Waals surface area contributed by atoms with E-state index in [4.69, 9.17) is 23.1 Å². The quantitative estimate of drug-likeness (QED) is 0.759. The van der Waals surface area contributed by atoms with Crippen LogP contribution in [0.5, 0.6) is 0 Å². The molecule has 108 valence electrons. The van der Waals surface area contributed by atoms with E-state index in [9.17, 15) is 14.0 Å². The standard InChI is InChI=1S/C14H11ClFN3O2/c15-9-3-8(4-10(17)6-9)14(21)19-12-5-7(13(18)20)1-2-11(12)16/h1-6H,17H2,(H2,18,20)(H,19,21). The van der Waals surface area contributed by atoms with Crippen LogP contribution in [-0.4, -0.2) is 11.8 Å². The molecule has 2 amide bonds. The number of primary amides is 1. The average Bonchev–Trinajstić information content (AvgIpc) is 2.39. The molecular formula is C14H11ClFN3O2. The Hall–Kier alpha value is -2.60. The minimum Gasteiger partial charge on any atom is -0.399 e. The lowest BCUT2D eigenvalue weighted by atomic mass is 10.1. The Morgan fingerprint density at radius 2 is 1.81 bits per heavy atom. The smallest absolute Gasteiger partial charge is 0.255 e. The van der Waals surface area contributed by atoms with Crippen LogP contribution in [0.15, 0.2) is 36.4 Å². The molecule has 2 aromatic carbocycles. The van der Waals surface area contributed by atoms with Gasteiger partial charge in [-0.3, -0.25) is 9.59 Å². The first kappa shape index (κ1) is 14.8. The number of rotatable bonds is 3. The lowest BCUT2D eigenvalue weighted by molar-refractivity contribution is 0.0996. The second-order valence-electron chi connectivity index (χ2n) is 4.29. The maximum atomic E-state index is 13.7. The molecule has 0 aromatic heterocycles. The largest absolute Gasteiger partial charge is 0.399 e. The number of nitrogens with one attached hydrogen (secondary N) is 1. The van der Waals surface area contributed by atoms with Crippen molar-refractivity contribution >= 4 is 34.8 Å². The van der Waals surface area contributed by atoms with E-state index in [2.05, 4.69) is 5.32 Å². The molecule has 0 saturated carbocycles. The Morgan fingerprint density at radius 3 is 2.43 bits per heavy atom. The minimum absolute atomic E-state index is 0.0808. The Labute approximate surface area is 124 Å². The van der Waals surface area contributed by atoms with Gasteiger partial charge in [0.1, 0.15) is 5.82 Å². The maximum absolute atomic E-state index is 13.7. The van der Waals surface area contributed by atoms with E-state index in [1.54, 1.807) is 0 Å². The van der Waals surface area contributed by atoms with Gasteiger partial charge in [-0.1, -0.05) is 11.6 Å². The molecule has 0 bridgehead atoms. The molecule has 0 unspecified atom stereocenters. The average molecular weight is 308 g/mol. The molecule has 0 heterocycles. The van der Waals surface area contributed by atoms with Crippen LogP contribution >= 0.6 is 11.6 Å². The maximum Gasteiger partial charge on any atom is 0.255 e. The van der Waals surface area contributed by atoms with Gasteiger partial charge in [0.05, 0.1) is 5.69 Å². The molecule has 7 heteroatoms. The Balaban J connectivity index is 2.31. The molecule has 21 heavy (non-hydrogen) atoms. The van der Waals surface area contributed by atoms with Crippen molar-refractivity contribution in [3.63, 3.8) is 0 Å². The van der Waals surface area contributed by atoms with Crippen molar-refractivity contribution in [2.24, 2.45) is 5.73 Å². The van der Waals surface area contributed by atoms with E-state index < -0.39 is 17.6 Å². The minimum atomic E-state index is -0.725. The first-order valence-electron chi connectivity index (χ1n) is 5.83. The fraction of sp³-hybridized carbons (Fsp3) is 0. The third-order valence-electron chi connectivity index (χ3n) is 2.68. The van der Waals surface area contributed by atoms with Crippen molar-refractivity contribution in [1.29, 1.82) is 0 Å². The highest BCUT2D eigenvalue weighted by molar-refractivity contribution is 6.31. The number of halogens is 2. The van der Waals surface area contributed by atoms with Crippen LogP contribution in [0.4, 0.5) is 15.8 Å². The number of carbonyl (C=O) groups is 2. The van der Waals surface area contributed by atoms with Crippen molar-refractivity contribution in [2.75, 3.05) is 11.1 Å². The van der Waals surface area contributed by atoms with E-state index in [1.165, 1.54) is 24.3 Å². The highest BCUT2D eigenvalue weighted by Gasteiger charge is 2.12. The van der Waals surface area contributed by atoms with Crippen LogP contribution in [0.3, 0.4) is 0 Å². The van der Waals surface area contributed by atoms with Crippen molar-refractivity contribution in [3.8, 4) is 0 Å². The summed E-state index contributed by atoms with van der Waals surface area (Å²) in [6.45, 7) is 0. The summed E-state index contributed by atoms with van der Waals surface area (Å²) in [5.74, 6) is -2.02. The first-order valence-corrected chi connectivity index (χ1v) is 6.21. The number of benzene rings is 2. The fourth-order valence-electron chi connectivity index (χ4n) is 1.71. The number of carbonyl (C=O) groups excluding carboxylic acids is 2. The van der Waals surface area contributed by atoms with Crippen LogP contribution in [0.25, 0.3) is 0 Å². The molecule has 0 fully saturated rings. The molecule has 0 aliphatic carbocycles. The summed E-state index contributed by atoms with van der Waals surface area (Å²) in [5, 5.41) is 2.62. The monoisotopic (exact) mass is 307 g/mol. The molecule has 2 rings (SSSR count). The van der Waals surface area contributed by atoms with Crippen molar-refractivity contribution in [1.82, 2.24) is 0 Å². The predicted octanol–water partition coefficient (Wildman–Crippen LogP) is 2.41. The normalized spacial score (nSPS) is 10.2. The van der Waals surface area contributed by atoms with Gasteiger partial charge >= 0.3 is 0 Å². The van der Waals surface area contributed by atoms with Gasteiger partial charge in [0.15, 0.2) is 0 Å². The first-order chi connectivity index (χ1) is 9.86. The number of amides is 2. The van der Waals surface area contributed by atoms with Crippen LogP contribution < -0.4 is 16.8 Å². The highest BCUT2D eigenvalue weighted by Crippen LogP contribution is 2.20. The number of nitrogens with two attached hydrogens (primary N) is 2. The van der Waals surface area contributed by atoms with Crippen LogP contribution in [0, 0.1) is 5.82 Å². The van der Waals surface area contributed by atoms with Crippen LogP contribution in [0.2, 0.25) is 5.02 Å². The SMILES string of the molecule is NC(=O)c1ccc(F)c(NC(=O)c2cc(N)cc(Cl)c2)c1. The topological polar surface area (TPSA) is 98.2 Å². The van der Waals surface area contributed by atoms with E-state index in [0.29, 0.717) is 5.69 Å². The third kappa shape index (κ3) is 3.49. The summed E-state index contributed by atoms with van der Waals surface area (Å²) in [4.78, 5) is 23.1.